The summed E-state index contributed by atoms with van der Waals surface area (Å²) in [5.74, 6) is 0.296. The molecule has 0 amide bonds. The molecule has 5 rings (SSSR count). The number of likely N-dealkylation sites (N-methyl/N-ethyl adjacent to an activating group) is 1. The summed E-state index contributed by atoms with van der Waals surface area (Å²) in [5.41, 5.74) is 3.76. The molecule has 0 radical (unpaired) electrons. The largest absolute Gasteiger partial charge is 0.367 e. The highest BCUT2D eigenvalue weighted by molar-refractivity contribution is 5.99. The molecule has 0 aliphatic carbocycles. The standard InChI is InChI=1S/C22H21FN6O/c1-28-10-12-29(13-11-28)18-5-3-2-4-17(18)26-21-19-20(15-6-8-16(23)9-7-15)27-30-22(19)25-14-24-21/h2-9,14H,10-13H2,1H3,(H,24,25,26). The molecule has 1 aliphatic heterocycles. The number of piperazine rings is 1. The molecular weight excluding hydrogens is 383 g/mol. The van der Waals surface area contributed by atoms with Crippen LogP contribution in [0.3, 0.4) is 0 Å². The number of halogens is 1. The fourth-order valence-electron chi connectivity index (χ4n) is 3.72. The van der Waals surface area contributed by atoms with E-state index in [1.54, 1.807) is 12.1 Å². The van der Waals surface area contributed by atoms with E-state index in [9.17, 15) is 4.39 Å². The first-order valence-electron chi connectivity index (χ1n) is 9.85. The van der Waals surface area contributed by atoms with Crippen LogP contribution in [0, 0.1) is 5.82 Å². The molecular formula is C22H21FN6O. The van der Waals surface area contributed by atoms with Crippen LogP contribution in [0.15, 0.2) is 59.4 Å². The molecule has 2 aromatic carbocycles. The molecule has 8 heteroatoms. The predicted octanol–water partition coefficient (Wildman–Crippen LogP) is 3.92. The van der Waals surface area contributed by atoms with E-state index in [4.69, 9.17) is 4.52 Å². The number of rotatable bonds is 4. The van der Waals surface area contributed by atoms with Gasteiger partial charge >= 0.3 is 0 Å². The third-order valence-corrected chi connectivity index (χ3v) is 5.39. The fourth-order valence-corrected chi connectivity index (χ4v) is 3.72. The second kappa shape index (κ2) is 7.72. The van der Waals surface area contributed by atoms with Crippen LogP contribution in [0.1, 0.15) is 0 Å². The van der Waals surface area contributed by atoms with Crippen molar-refractivity contribution in [3.8, 4) is 11.3 Å². The average molecular weight is 404 g/mol. The van der Waals surface area contributed by atoms with Gasteiger partial charge in [-0.15, -0.1) is 0 Å². The SMILES string of the molecule is CN1CCN(c2ccccc2Nc2ncnc3onc(-c4ccc(F)cc4)c23)CC1. The van der Waals surface area contributed by atoms with Crippen molar-refractivity contribution in [3.05, 3.63) is 60.7 Å². The molecule has 7 nitrogen and oxygen atoms in total. The van der Waals surface area contributed by atoms with Crippen molar-refractivity contribution in [2.45, 2.75) is 0 Å². The molecule has 4 aromatic rings. The minimum absolute atomic E-state index is 0.303. The van der Waals surface area contributed by atoms with Gasteiger partial charge < -0.3 is 19.6 Å². The Morgan fingerprint density at radius 2 is 1.73 bits per heavy atom. The van der Waals surface area contributed by atoms with Gasteiger partial charge in [0.2, 0.25) is 0 Å². The van der Waals surface area contributed by atoms with Crippen LogP contribution in [-0.4, -0.2) is 53.3 Å². The van der Waals surface area contributed by atoms with Gasteiger partial charge in [0, 0.05) is 31.7 Å². The van der Waals surface area contributed by atoms with Gasteiger partial charge in [0.25, 0.3) is 5.71 Å². The van der Waals surface area contributed by atoms with Crippen molar-refractivity contribution in [1.82, 2.24) is 20.0 Å². The molecule has 1 aliphatic rings. The Morgan fingerprint density at radius 3 is 2.53 bits per heavy atom. The maximum absolute atomic E-state index is 13.4. The van der Waals surface area contributed by atoms with Crippen molar-refractivity contribution >= 4 is 28.3 Å². The fraction of sp³-hybridized carbons (Fsp3) is 0.227. The Hall–Kier alpha value is -3.52. The normalized spacial score (nSPS) is 14.9. The van der Waals surface area contributed by atoms with Gasteiger partial charge in [0.15, 0.2) is 0 Å². The van der Waals surface area contributed by atoms with E-state index in [1.807, 2.05) is 18.2 Å². The Bertz CT molecular complexity index is 1170. The van der Waals surface area contributed by atoms with Crippen LogP contribution in [0.5, 0.6) is 0 Å². The van der Waals surface area contributed by atoms with Gasteiger partial charge in [-0.25, -0.2) is 9.37 Å². The second-order valence-corrected chi connectivity index (χ2v) is 7.37. The Kier molecular flexibility index (Phi) is 4.76. The van der Waals surface area contributed by atoms with Crippen LogP contribution in [0.4, 0.5) is 21.6 Å². The molecule has 30 heavy (non-hydrogen) atoms. The predicted molar refractivity (Wildman–Crippen MR) is 114 cm³/mol. The molecule has 1 N–H and O–H groups in total. The summed E-state index contributed by atoms with van der Waals surface area (Å²) in [6, 6.07) is 14.3. The summed E-state index contributed by atoms with van der Waals surface area (Å²) >= 11 is 0. The lowest BCUT2D eigenvalue weighted by atomic mass is 10.1. The molecule has 1 saturated heterocycles. The number of benzene rings is 2. The molecule has 152 valence electrons. The van der Waals surface area contributed by atoms with Gasteiger partial charge in [0.1, 0.15) is 29.0 Å². The summed E-state index contributed by atoms with van der Waals surface area (Å²) < 4.78 is 18.8. The van der Waals surface area contributed by atoms with Gasteiger partial charge in [-0.1, -0.05) is 17.3 Å². The third-order valence-electron chi connectivity index (χ3n) is 5.39. The Balaban J connectivity index is 1.54. The lowest BCUT2D eigenvalue weighted by Gasteiger charge is -2.35. The van der Waals surface area contributed by atoms with Crippen molar-refractivity contribution < 1.29 is 8.91 Å². The Labute approximate surface area is 173 Å². The minimum Gasteiger partial charge on any atom is -0.367 e. The molecule has 0 atom stereocenters. The summed E-state index contributed by atoms with van der Waals surface area (Å²) in [4.78, 5) is 13.3. The van der Waals surface area contributed by atoms with E-state index in [1.165, 1.54) is 18.5 Å². The van der Waals surface area contributed by atoms with Gasteiger partial charge in [-0.3, -0.25) is 0 Å². The first-order valence-corrected chi connectivity index (χ1v) is 9.85. The quantitative estimate of drug-likeness (QED) is 0.553. The lowest BCUT2D eigenvalue weighted by Crippen LogP contribution is -2.44. The van der Waals surface area contributed by atoms with Crippen molar-refractivity contribution in [3.63, 3.8) is 0 Å². The van der Waals surface area contributed by atoms with Gasteiger partial charge in [-0.05, 0) is 43.4 Å². The van der Waals surface area contributed by atoms with Gasteiger partial charge in [0.05, 0.1) is 11.4 Å². The van der Waals surface area contributed by atoms with Gasteiger partial charge in [-0.2, -0.15) is 4.98 Å². The smallest absolute Gasteiger partial charge is 0.263 e. The van der Waals surface area contributed by atoms with Crippen molar-refractivity contribution in [2.24, 2.45) is 0 Å². The molecule has 1 fully saturated rings. The number of aromatic nitrogens is 3. The first kappa shape index (κ1) is 18.5. The zero-order chi connectivity index (χ0) is 20.5. The summed E-state index contributed by atoms with van der Waals surface area (Å²) in [6.45, 7) is 3.96. The third kappa shape index (κ3) is 3.46. The Morgan fingerprint density at radius 1 is 0.967 bits per heavy atom. The van der Waals surface area contributed by atoms with E-state index in [-0.39, 0.29) is 5.82 Å². The lowest BCUT2D eigenvalue weighted by molar-refractivity contribution is 0.313. The molecule has 0 bridgehead atoms. The molecule has 3 heterocycles. The maximum atomic E-state index is 13.4. The zero-order valence-corrected chi connectivity index (χ0v) is 16.5. The van der Waals surface area contributed by atoms with Crippen LogP contribution in [0.25, 0.3) is 22.4 Å². The van der Waals surface area contributed by atoms with Crippen LogP contribution < -0.4 is 10.2 Å². The topological polar surface area (TPSA) is 70.3 Å². The van der Waals surface area contributed by atoms with Crippen LogP contribution in [0.2, 0.25) is 0 Å². The van der Waals surface area contributed by atoms with E-state index in [0.717, 1.165) is 43.1 Å². The second-order valence-electron chi connectivity index (χ2n) is 7.37. The van der Waals surface area contributed by atoms with Crippen molar-refractivity contribution in [2.75, 3.05) is 43.4 Å². The monoisotopic (exact) mass is 404 g/mol. The molecule has 0 unspecified atom stereocenters. The highest BCUT2D eigenvalue weighted by atomic mass is 19.1. The molecule has 0 saturated carbocycles. The average Bonchev–Trinajstić information content (AvgIpc) is 3.21. The highest BCUT2D eigenvalue weighted by Gasteiger charge is 2.20. The molecule has 0 spiro atoms. The minimum atomic E-state index is -0.303. The van der Waals surface area contributed by atoms with E-state index in [2.05, 4.69) is 43.4 Å². The number of para-hydroxylation sites is 2. The van der Waals surface area contributed by atoms with E-state index < -0.39 is 0 Å². The number of nitrogens with zero attached hydrogens (tertiary/aromatic N) is 5. The van der Waals surface area contributed by atoms with E-state index in [0.29, 0.717) is 22.6 Å². The maximum Gasteiger partial charge on any atom is 0.263 e. The number of nitrogens with one attached hydrogen (secondary N) is 1. The molecule has 2 aromatic heterocycles. The summed E-state index contributed by atoms with van der Waals surface area (Å²) in [6.07, 6.45) is 1.45. The number of hydrogen-bond acceptors (Lipinski definition) is 7. The highest BCUT2D eigenvalue weighted by Crippen LogP contribution is 2.35. The first-order chi connectivity index (χ1) is 14.7. The number of fused-ring (bicyclic) bond motifs is 1. The van der Waals surface area contributed by atoms with Crippen LogP contribution >= 0.6 is 0 Å². The van der Waals surface area contributed by atoms with Crippen LogP contribution in [-0.2, 0) is 0 Å². The number of anilines is 3. The summed E-state index contributed by atoms with van der Waals surface area (Å²) in [7, 11) is 2.14. The van der Waals surface area contributed by atoms with E-state index >= 15 is 0 Å². The zero-order valence-electron chi connectivity index (χ0n) is 16.5. The number of hydrogen-bond donors (Lipinski definition) is 1. The summed E-state index contributed by atoms with van der Waals surface area (Å²) in [5, 5.41) is 8.28. The van der Waals surface area contributed by atoms with Crippen molar-refractivity contribution in [1.29, 1.82) is 0 Å².